The number of hydrogen-bond acceptors (Lipinski definition) is 4. The van der Waals surface area contributed by atoms with E-state index in [4.69, 9.17) is 17.3 Å². The predicted octanol–water partition coefficient (Wildman–Crippen LogP) is 1.51. The van der Waals surface area contributed by atoms with Crippen molar-refractivity contribution in [2.75, 3.05) is 11.9 Å². The topological polar surface area (TPSA) is 80.9 Å². The van der Waals surface area contributed by atoms with Crippen LogP contribution in [0.3, 0.4) is 0 Å². The summed E-state index contributed by atoms with van der Waals surface area (Å²) in [5.74, 6) is 0.146. The van der Waals surface area contributed by atoms with Crippen molar-refractivity contribution in [1.82, 2.24) is 9.97 Å². The molecule has 6 heteroatoms. The molecule has 1 saturated carbocycles. The van der Waals surface area contributed by atoms with Gasteiger partial charge < -0.3 is 5.73 Å². The lowest BCUT2D eigenvalue weighted by Crippen LogP contribution is -2.47. The first-order chi connectivity index (χ1) is 8.05. The molecular formula is C11H15ClN4O. The third-order valence-electron chi connectivity index (χ3n) is 3.23. The number of nitrogens with zero attached hydrogens (tertiary/aromatic N) is 2. The third kappa shape index (κ3) is 2.40. The van der Waals surface area contributed by atoms with E-state index < -0.39 is 5.41 Å². The SMILES string of the molecule is Cc1cc(Cl)nc(NC(=O)C2(CN)CCC2)n1. The molecule has 0 radical (unpaired) electrons. The van der Waals surface area contributed by atoms with Gasteiger partial charge in [0, 0.05) is 12.2 Å². The number of nitrogens with one attached hydrogen (secondary N) is 1. The number of aryl methyl sites for hydroxylation is 1. The minimum absolute atomic E-state index is 0.104. The van der Waals surface area contributed by atoms with E-state index in [2.05, 4.69) is 15.3 Å². The first-order valence-electron chi connectivity index (χ1n) is 5.58. The van der Waals surface area contributed by atoms with Gasteiger partial charge in [0.1, 0.15) is 5.15 Å². The summed E-state index contributed by atoms with van der Waals surface area (Å²) >= 11 is 5.80. The minimum Gasteiger partial charge on any atom is -0.329 e. The second kappa shape index (κ2) is 4.58. The molecule has 0 saturated heterocycles. The van der Waals surface area contributed by atoms with Gasteiger partial charge in [0.05, 0.1) is 5.41 Å². The van der Waals surface area contributed by atoms with Gasteiger partial charge in [-0.05, 0) is 25.8 Å². The molecule has 2 rings (SSSR count). The molecule has 1 heterocycles. The van der Waals surface area contributed by atoms with Crippen LogP contribution in [-0.4, -0.2) is 22.4 Å². The maximum absolute atomic E-state index is 12.1. The predicted molar refractivity (Wildman–Crippen MR) is 65.7 cm³/mol. The van der Waals surface area contributed by atoms with Gasteiger partial charge in [-0.1, -0.05) is 18.0 Å². The summed E-state index contributed by atoms with van der Waals surface area (Å²) in [7, 11) is 0. The Morgan fingerprint density at radius 1 is 1.59 bits per heavy atom. The van der Waals surface area contributed by atoms with Gasteiger partial charge in [0.25, 0.3) is 0 Å². The molecule has 0 aliphatic heterocycles. The van der Waals surface area contributed by atoms with Crippen LogP contribution in [0.4, 0.5) is 5.95 Å². The van der Waals surface area contributed by atoms with Crippen molar-refractivity contribution in [3.63, 3.8) is 0 Å². The number of anilines is 1. The molecule has 92 valence electrons. The van der Waals surface area contributed by atoms with Gasteiger partial charge in [-0.15, -0.1) is 0 Å². The number of carbonyl (C=O) groups excluding carboxylic acids is 1. The van der Waals surface area contributed by atoms with Crippen LogP contribution in [0, 0.1) is 12.3 Å². The van der Waals surface area contributed by atoms with Gasteiger partial charge in [0.2, 0.25) is 11.9 Å². The smallest absolute Gasteiger partial charge is 0.234 e. The lowest BCUT2D eigenvalue weighted by atomic mass is 9.68. The lowest BCUT2D eigenvalue weighted by Gasteiger charge is -2.38. The molecule has 1 aromatic heterocycles. The largest absolute Gasteiger partial charge is 0.329 e. The second-order valence-electron chi connectivity index (χ2n) is 4.45. The molecule has 1 fully saturated rings. The second-order valence-corrected chi connectivity index (χ2v) is 4.84. The maximum Gasteiger partial charge on any atom is 0.234 e. The van der Waals surface area contributed by atoms with Crippen LogP contribution in [0.25, 0.3) is 0 Å². The van der Waals surface area contributed by atoms with Crippen LogP contribution >= 0.6 is 11.6 Å². The summed E-state index contributed by atoms with van der Waals surface area (Å²) in [6.07, 6.45) is 2.70. The molecule has 5 nitrogen and oxygen atoms in total. The van der Waals surface area contributed by atoms with Crippen LogP contribution < -0.4 is 11.1 Å². The fourth-order valence-corrected chi connectivity index (χ4v) is 2.19. The molecule has 0 unspecified atom stereocenters. The van der Waals surface area contributed by atoms with Gasteiger partial charge >= 0.3 is 0 Å². The fraction of sp³-hybridized carbons (Fsp3) is 0.545. The van der Waals surface area contributed by atoms with Crippen molar-refractivity contribution in [3.8, 4) is 0 Å². The monoisotopic (exact) mass is 254 g/mol. The summed E-state index contributed by atoms with van der Waals surface area (Å²) in [5.41, 5.74) is 5.94. The van der Waals surface area contributed by atoms with E-state index in [1.54, 1.807) is 13.0 Å². The molecule has 1 aliphatic carbocycles. The Bertz CT molecular complexity index is 419. The Morgan fingerprint density at radius 2 is 2.29 bits per heavy atom. The summed E-state index contributed by atoms with van der Waals surface area (Å²) in [5, 5.41) is 3.01. The van der Waals surface area contributed by atoms with Crippen LogP contribution in [0.5, 0.6) is 0 Å². The van der Waals surface area contributed by atoms with Gasteiger partial charge in [-0.25, -0.2) is 9.97 Å². The highest BCUT2D eigenvalue weighted by molar-refractivity contribution is 6.29. The first-order valence-corrected chi connectivity index (χ1v) is 5.96. The quantitative estimate of drug-likeness (QED) is 0.801. The van der Waals surface area contributed by atoms with Crippen molar-refractivity contribution >= 4 is 23.5 Å². The molecule has 0 bridgehead atoms. The van der Waals surface area contributed by atoms with E-state index in [-0.39, 0.29) is 11.9 Å². The van der Waals surface area contributed by atoms with Crippen molar-refractivity contribution in [3.05, 3.63) is 16.9 Å². The number of hydrogen-bond donors (Lipinski definition) is 2. The molecule has 0 atom stereocenters. The average molecular weight is 255 g/mol. The number of nitrogens with two attached hydrogens (primary N) is 1. The fourth-order valence-electron chi connectivity index (χ4n) is 1.95. The number of amides is 1. The minimum atomic E-state index is -0.431. The number of aromatic nitrogens is 2. The highest BCUT2D eigenvalue weighted by Crippen LogP contribution is 2.40. The molecule has 1 aromatic rings. The Hall–Kier alpha value is -1.20. The van der Waals surface area contributed by atoms with E-state index >= 15 is 0 Å². The Balaban J connectivity index is 2.12. The van der Waals surface area contributed by atoms with Crippen molar-refractivity contribution in [1.29, 1.82) is 0 Å². The normalized spacial score (nSPS) is 17.4. The first kappa shape index (κ1) is 12.3. The van der Waals surface area contributed by atoms with Crippen molar-refractivity contribution in [2.45, 2.75) is 26.2 Å². The molecular weight excluding hydrogens is 240 g/mol. The Morgan fingerprint density at radius 3 is 2.76 bits per heavy atom. The van der Waals surface area contributed by atoms with Crippen LogP contribution in [0.2, 0.25) is 5.15 Å². The van der Waals surface area contributed by atoms with Crippen LogP contribution in [-0.2, 0) is 4.79 Å². The summed E-state index contributed by atoms with van der Waals surface area (Å²) in [6.45, 7) is 2.16. The van der Waals surface area contributed by atoms with E-state index in [1.165, 1.54) is 0 Å². The zero-order valence-corrected chi connectivity index (χ0v) is 10.4. The van der Waals surface area contributed by atoms with Crippen LogP contribution in [0.15, 0.2) is 6.07 Å². The molecule has 17 heavy (non-hydrogen) atoms. The van der Waals surface area contributed by atoms with Crippen molar-refractivity contribution in [2.24, 2.45) is 11.1 Å². The van der Waals surface area contributed by atoms with Gasteiger partial charge in [-0.2, -0.15) is 0 Å². The van der Waals surface area contributed by atoms with E-state index in [0.29, 0.717) is 11.7 Å². The molecule has 1 amide bonds. The number of rotatable bonds is 3. The summed E-state index contributed by atoms with van der Waals surface area (Å²) < 4.78 is 0. The summed E-state index contributed by atoms with van der Waals surface area (Å²) in [4.78, 5) is 20.1. The number of carbonyl (C=O) groups is 1. The summed E-state index contributed by atoms with van der Waals surface area (Å²) in [6, 6.07) is 1.64. The third-order valence-corrected chi connectivity index (χ3v) is 3.42. The number of halogens is 1. The highest BCUT2D eigenvalue weighted by Gasteiger charge is 2.43. The van der Waals surface area contributed by atoms with Crippen molar-refractivity contribution < 1.29 is 4.79 Å². The van der Waals surface area contributed by atoms with Gasteiger partial charge in [-0.3, -0.25) is 10.1 Å². The zero-order valence-electron chi connectivity index (χ0n) is 9.66. The standard InChI is InChI=1S/C11H15ClN4O/c1-7-5-8(12)15-10(14-7)16-9(17)11(6-13)3-2-4-11/h5H,2-4,6,13H2,1H3,(H,14,15,16,17). The highest BCUT2D eigenvalue weighted by atomic mass is 35.5. The Labute approximate surface area is 105 Å². The lowest BCUT2D eigenvalue weighted by molar-refractivity contribution is -0.129. The van der Waals surface area contributed by atoms with Gasteiger partial charge in [0.15, 0.2) is 0 Å². The van der Waals surface area contributed by atoms with E-state index in [0.717, 1.165) is 25.0 Å². The molecule has 1 aliphatic rings. The Kier molecular flexibility index (Phi) is 3.31. The molecule has 3 N–H and O–H groups in total. The van der Waals surface area contributed by atoms with E-state index in [1.807, 2.05) is 0 Å². The maximum atomic E-state index is 12.1. The molecule has 0 spiro atoms. The van der Waals surface area contributed by atoms with Crippen LogP contribution in [0.1, 0.15) is 25.0 Å². The zero-order chi connectivity index (χ0) is 12.5. The average Bonchev–Trinajstić information content (AvgIpc) is 2.14. The molecule has 0 aromatic carbocycles. The van der Waals surface area contributed by atoms with E-state index in [9.17, 15) is 4.79 Å².